The maximum absolute atomic E-state index is 12.0. The van der Waals surface area contributed by atoms with E-state index in [4.69, 9.17) is 4.52 Å². The fourth-order valence-corrected chi connectivity index (χ4v) is 2.81. The predicted molar refractivity (Wildman–Crippen MR) is 98.5 cm³/mol. The molecular weight excluding hydrogens is 344 g/mol. The maximum Gasteiger partial charge on any atom is 0.246 e. The van der Waals surface area contributed by atoms with Gasteiger partial charge in [-0.1, -0.05) is 40.7 Å². The maximum atomic E-state index is 12.0. The van der Waals surface area contributed by atoms with Crippen LogP contribution in [0.15, 0.2) is 53.1 Å². The number of aromatic nitrogens is 5. The molecule has 0 aliphatic rings. The third kappa shape index (κ3) is 3.69. The van der Waals surface area contributed by atoms with Crippen molar-refractivity contribution < 1.29 is 9.32 Å². The molecule has 0 atom stereocenters. The van der Waals surface area contributed by atoms with Crippen molar-refractivity contribution in [2.75, 3.05) is 0 Å². The Hall–Kier alpha value is -3.55. The number of rotatable bonds is 6. The van der Waals surface area contributed by atoms with Crippen LogP contribution in [0.4, 0.5) is 0 Å². The zero-order chi connectivity index (χ0) is 18.6. The van der Waals surface area contributed by atoms with Gasteiger partial charge in [0.15, 0.2) is 0 Å². The Bertz CT molecular complexity index is 1070. The van der Waals surface area contributed by atoms with Gasteiger partial charge in [-0.15, -0.1) is 5.10 Å². The summed E-state index contributed by atoms with van der Waals surface area (Å²) in [6.07, 6.45) is 0.311. The van der Waals surface area contributed by atoms with E-state index in [0.29, 0.717) is 18.1 Å². The van der Waals surface area contributed by atoms with Crippen LogP contribution in [0.3, 0.4) is 0 Å². The van der Waals surface area contributed by atoms with E-state index in [0.717, 1.165) is 28.7 Å². The summed E-state index contributed by atoms with van der Waals surface area (Å²) in [5.41, 5.74) is 3.47. The molecule has 1 N–H and O–H groups in total. The predicted octanol–water partition coefficient (Wildman–Crippen LogP) is 2.36. The minimum absolute atomic E-state index is 0.0986. The van der Waals surface area contributed by atoms with Gasteiger partial charge in [0.05, 0.1) is 18.5 Å². The third-order valence-corrected chi connectivity index (χ3v) is 4.18. The van der Waals surface area contributed by atoms with E-state index >= 15 is 0 Å². The van der Waals surface area contributed by atoms with Crippen molar-refractivity contribution >= 4 is 16.9 Å². The first kappa shape index (κ1) is 16.9. The number of hydrogen-bond donors (Lipinski definition) is 1. The summed E-state index contributed by atoms with van der Waals surface area (Å²) in [5, 5.41) is 15.0. The van der Waals surface area contributed by atoms with Gasteiger partial charge in [0, 0.05) is 12.1 Å². The average molecular weight is 362 g/mol. The molecule has 0 saturated heterocycles. The number of hydrogen-bond acceptors (Lipinski definition) is 6. The molecule has 2 aromatic heterocycles. The van der Waals surface area contributed by atoms with Gasteiger partial charge in [0.2, 0.25) is 17.6 Å². The van der Waals surface area contributed by atoms with Crippen molar-refractivity contribution in [2.45, 2.75) is 26.4 Å². The molecule has 136 valence electrons. The zero-order valence-electron chi connectivity index (χ0n) is 14.8. The average Bonchev–Trinajstić information content (AvgIpc) is 3.33. The van der Waals surface area contributed by atoms with Crippen LogP contribution in [-0.4, -0.2) is 31.0 Å². The van der Waals surface area contributed by atoms with Crippen molar-refractivity contribution in [1.82, 2.24) is 30.5 Å². The van der Waals surface area contributed by atoms with Gasteiger partial charge < -0.3 is 9.84 Å². The normalized spacial score (nSPS) is 11.0. The third-order valence-electron chi connectivity index (χ3n) is 4.18. The molecule has 2 aromatic carbocycles. The van der Waals surface area contributed by atoms with E-state index in [9.17, 15) is 4.79 Å². The lowest BCUT2D eigenvalue weighted by Gasteiger charge is -2.02. The van der Waals surface area contributed by atoms with E-state index in [1.54, 1.807) is 0 Å². The molecule has 4 aromatic rings. The summed E-state index contributed by atoms with van der Waals surface area (Å²) < 4.78 is 7.06. The number of fused-ring (bicyclic) bond motifs is 1. The van der Waals surface area contributed by atoms with E-state index in [-0.39, 0.29) is 12.5 Å². The van der Waals surface area contributed by atoms with Crippen LogP contribution in [0.5, 0.6) is 0 Å². The summed E-state index contributed by atoms with van der Waals surface area (Å²) in [7, 11) is 0. The minimum atomic E-state index is -0.0986. The lowest BCUT2D eigenvalue weighted by Crippen LogP contribution is -2.24. The lowest BCUT2D eigenvalue weighted by molar-refractivity contribution is -0.120. The van der Waals surface area contributed by atoms with Gasteiger partial charge in [-0.2, -0.15) is 4.98 Å². The summed E-state index contributed by atoms with van der Waals surface area (Å²) in [5.74, 6) is 0.706. The summed E-state index contributed by atoms with van der Waals surface area (Å²) in [4.78, 5) is 16.4. The number of nitrogens with zero attached hydrogens (tertiary/aromatic N) is 5. The molecule has 1 amide bonds. The molecule has 0 bridgehead atoms. The Kier molecular flexibility index (Phi) is 4.61. The van der Waals surface area contributed by atoms with Crippen LogP contribution in [0, 0.1) is 0 Å². The highest BCUT2D eigenvalue weighted by Gasteiger charge is 2.12. The lowest BCUT2D eigenvalue weighted by atomic mass is 10.1. The molecule has 0 saturated carbocycles. The highest BCUT2D eigenvalue weighted by atomic mass is 16.5. The van der Waals surface area contributed by atoms with Gasteiger partial charge in [-0.25, -0.2) is 4.68 Å². The molecule has 27 heavy (non-hydrogen) atoms. The fourth-order valence-electron chi connectivity index (χ4n) is 2.81. The summed E-state index contributed by atoms with van der Waals surface area (Å²) in [6.45, 7) is 2.96. The van der Waals surface area contributed by atoms with Gasteiger partial charge in [-0.05, 0) is 30.7 Å². The van der Waals surface area contributed by atoms with Gasteiger partial charge in [0.1, 0.15) is 5.52 Å². The Balaban J connectivity index is 1.42. The minimum Gasteiger partial charge on any atom is -0.347 e. The second kappa shape index (κ2) is 7.36. The molecule has 0 radical (unpaired) electrons. The number of aryl methyl sites for hydroxylation is 1. The second-order valence-electron chi connectivity index (χ2n) is 6.06. The van der Waals surface area contributed by atoms with Crippen LogP contribution in [0.1, 0.15) is 18.4 Å². The molecule has 8 heteroatoms. The van der Waals surface area contributed by atoms with Crippen molar-refractivity contribution in [3.05, 3.63) is 60.0 Å². The fraction of sp³-hybridized carbons (Fsp3) is 0.211. The second-order valence-corrected chi connectivity index (χ2v) is 6.06. The van der Waals surface area contributed by atoms with Crippen LogP contribution in [0.25, 0.3) is 22.4 Å². The largest absolute Gasteiger partial charge is 0.347 e. The first-order valence-corrected chi connectivity index (χ1v) is 8.70. The monoisotopic (exact) mass is 362 g/mol. The zero-order valence-corrected chi connectivity index (χ0v) is 14.8. The molecule has 4 rings (SSSR count). The SMILES string of the molecule is CCn1nnc2cc(-c3noc(CNC(=O)Cc4ccccc4)n3)ccc21. The van der Waals surface area contributed by atoms with Crippen LogP contribution in [0.2, 0.25) is 0 Å². The Morgan fingerprint density at radius 1 is 1.19 bits per heavy atom. The molecule has 8 nitrogen and oxygen atoms in total. The van der Waals surface area contributed by atoms with Crippen molar-refractivity contribution in [1.29, 1.82) is 0 Å². The molecule has 0 spiro atoms. The molecule has 0 aliphatic carbocycles. The van der Waals surface area contributed by atoms with Crippen molar-refractivity contribution in [3.63, 3.8) is 0 Å². The van der Waals surface area contributed by atoms with Crippen LogP contribution < -0.4 is 5.32 Å². The molecule has 0 unspecified atom stereocenters. The standard InChI is InChI=1S/C19H18N6O2/c1-2-25-16-9-8-14(11-15(16)22-24-25)19-21-18(27-23-19)12-20-17(26)10-13-6-4-3-5-7-13/h3-9,11H,2,10,12H2,1H3,(H,20,26). The summed E-state index contributed by atoms with van der Waals surface area (Å²) >= 11 is 0. The topological polar surface area (TPSA) is 98.7 Å². The summed E-state index contributed by atoms with van der Waals surface area (Å²) in [6, 6.07) is 15.3. The van der Waals surface area contributed by atoms with Crippen LogP contribution >= 0.6 is 0 Å². The van der Waals surface area contributed by atoms with E-state index < -0.39 is 0 Å². The molecule has 2 heterocycles. The molecule has 0 aliphatic heterocycles. The first-order valence-electron chi connectivity index (χ1n) is 8.70. The number of amides is 1. The number of nitrogens with one attached hydrogen (secondary N) is 1. The number of carbonyl (C=O) groups is 1. The molecular formula is C19H18N6O2. The van der Waals surface area contributed by atoms with E-state index in [1.165, 1.54) is 0 Å². The van der Waals surface area contributed by atoms with Crippen molar-refractivity contribution in [2.24, 2.45) is 0 Å². The first-order chi connectivity index (χ1) is 13.2. The Morgan fingerprint density at radius 3 is 2.85 bits per heavy atom. The highest BCUT2D eigenvalue weighted by molar-refractivity contribution is 5.80. The quantitative estimate of drug-likeness (QED) is 0.565. The van der Waals surface area contributed by atoms with Crippen LogP contribution in [-0.2, 0) is 24.3 Å². The van der Waals surface area contributed by atoms with Gasteiger partial charge >= 0.3 is 0 Å². The van der Waals surface area contributed by atoms with E-state index in [2.05, 4.69) is 25.8 Å². The Morgan fingerprint density at radius 2 is 2.04 bits per heavy atom. The van der Waals surface area contributed by atoms with E-state index in [1.807, 2.05) is 60.1 Å². The number of carbonyl (C=O) groups excluding carboxylic acids is 1. The van der Waals surface area contributed by atoms with Crippen molar-refractivity contribution in [3.8, 4) is 11.4 Å². The number of benzene rings is 2. The van der Waals surface area contributed by atoms with Gasteiger partial charge in [-0.3, -0.25) is 4.79 Å². The van der Waals surface area contributed by atoms with Gasteiger partial charge in [0.25, 0.3) is 0 Å². The Labute approximate surface area is 155 Å². The molecule has 0 fully saturated rings. The highest BCUT2D eigenvalue weighted by Crippen LogP contribution is 2.21. The smallest absolute Gasteiger partial charge is 0.246 e.